The van der Waals surface area contributed by atoms with Gasteiger partial charge >= 0.3 is 0 Å². The summed E-state index contributed by atoms with van der Waals surface area (Å²) in [5.74, 6) is 0. The molecule has 0 aliphatic carbocycles. The molecule has 2 aromatic carbocycles. The molecule has 0 bridgehead atoms. The van der Waals surface area contributed by atoms with E-state index >= 15 is 0 Å². The molecule has 2 aliphatic heterocycles. The Morgan fingerprint density at radius 2 is 1.04 bits per heavy atom. The van der Waals surface area contributed by atoms with E-state index in [9.17, 15) is 0 Å². The van der Waals surface area contributed by atoms with Crippen LogP contribution in [0.25, 0.3) is 0 Å². The van der Waals surface area contributed by atoms with Crippen molar-refractivity contribution in [1.29, 1.82) is 0 Å². The van der Waals surface area contributed by atoms with Gasteiger partial charge in [0.2, 0.25) is 18.1 Å². The zero-order valence-corrected chi connectivity index (χ0v) is 18.1. The van der Waals surface area contributed by atoms with Crippen LogP contribution in [0.3, 0.4) is 0 Å². The minimum absolute atomic E-state index is 0.656. The van der Waals surface area contributed by atoms with Gasteiger partial charge in [-0.05, 0) is 60.3 Å². The van der Waals surface area contributed by atoms with E-state index in [1.165, 1.54) is 59.3 Å². The molecule has 0 N–H and O–H groups in total. The largest absolute Gasteiger partial charge is 0.412 e. The highest BCUT2D eigenvalue weighted by Gasteiger charge is 2.21. The number of rotatable bonds is 2. The van der Waals surface area contributed by atoms with Crippen LogP contribution in [0.15, 0.2) is 48.5 Å². The van der Waals surface area contributed by atoms with Crippen LogP contribution in [0, 0.1) is 13.8 Å². The van der Waals surface area contributed by atoms with Crippen LogP contribution in [-0.2, 0) is 8.85 Å². The molecule has 4 heteroatoms. The standard InChI is InChI=1S/2C11H15OSi/c2*1-10-6-2-3-7-11(10)13-9-5-4-8-12-13/h2*2-3,6-7H,4-5,8-9H2,1H3. The summed E-state index contributed by atoms with van der Waals surface area (Å²) in [4.78, 5) is 0. The first kappa shape index (κ1) is 19.6. The fourth-order valence-corrected chi connectivity index (χ4v) is 8.18. The predicted molar refractivity (Wildman–Crippen MR) is 113 cm³/mol. The van der Waals surface area contributed by atoms with Gasteiger partial charge < -0.3 is 8.85 Å². The van der Waals surface area contributed by atoms with Crippen molar-refractivity contribution >= 4 is 28.5 Å². The summed E-state index contributed by atoms with van der Waals surface area (Å²) in [6.45, 7) is 6.32. The zero-order valence-electron chi connectivity index (χ0n) is 16.1. The summed E-state index contributed by atoms with van der Waals surface area (Å²) in [7, 11) is -1.31. The minimum Gasteiger partial charge on any atom is -0.412 e. The molecule has 138 valence electrons. The third-order valence-electron chi connectivity index (χ3n) is 5.04. The Hall–Kier alpha value is -1.21. The lowest BCUT2D eigenvalue weighted by Crippen LogP contribution is -2.37. The molecule has 2 radical (unpaired) electrons. The lowest BCUT2D eigenvalue weighted by Gasteiger charge is -2.21. The second-order valence-corrected chi connectivity index (χ2v) is 11.4. The normalized spacial score (nSPS) is 18.8. The van der Waals surface area contributed by atoms with Gasteiger partial charge in [-0.2, -0.15) is 0 Å². The number of hydrogen-bond donors (Lipinski definition) is 0. The molecular weight excluding hydrogens is 352 g/mol. The third kappa shape index (κ3) is 5.40. The monoisotopic (exact) mass is 382 g/mol. The Labute approximate surface area is 162 Å². The molecule has 0 atom stereocenters. The first-order valence-electron chi connectivity index (χ1n) is 9.85. The van der Waals surface area contributed by atoms with Crippen molar-refractivity contribution in [3.8, 4) is 0 Å². The van der Waals surface area contributed by atoms with Crippen molar-refractivity contribution in [2.45, 2.75) is 51.6 Å². The lowest BCUT2D eigenvalue weighted by atomic mass is 10.2. The highest BCUT2D eigenvalue weighted by Crippen LogP contribution is 2.13. The van der Waals surface area contributed by atoms with Crippen LogP contribution < -0.4 is 10.4 Å². The first-order valence-corrected chi connectivity index (χ1v) is 13.1. The lowest BCUT2D eigenvalue weighted by molar-refractivity contribution is 0.294. The van der Waals surface area contributed by atoms with E-state index in [2.05, 4.69) is 62.4 Å². The molecule has 4 rings (SSSR count). The summed E-state index contributed by atoms with van der Waals surface area (Å²) in [5.41, 5.74) is 2.80. The van der Waals surface area contributed by atoms with Gasteiger partial charge in [0.25, 0.3) is 0 Å². The molecule has 0 amide bonds. The van der Waals surface area contributed by atoms with Crippen molar-refractivity contribution in [2.75, 3.05) is 13.2 Å². The van der Waals surface area contributed by atoms with Crippen molar-refractivity contribution in [2.24, 2.45) is 0 Å². The molecule has 2 nitrogen and oxygen atoms in total. The van der Waals surface area contributed by atoms with Crippen molar-refractivity contribution in [3.05, 3.63) is 59.7 Å². The number of benzene rings is 2. The molecular formula is C22H30O2Si2. The van der Waals surface area contributed by atoms with Crippen LogP contribution in [0.1, 0.15) is 36.8 Å². The molecule has 0 spiro atoms. The Bertz CT molecular complexity index is 618. The Morgan fingerprint density at radius 1 is 0.615 bits per heavy atom. The van der Waals surface area contributed by atoms with Crippen LogP contribution >= 0.6 is 0 Å². The molecule has 0 unspecified atom stereocenters. The molecule has 26 heavy (non-hydrogen) atoms. The van der Waals surface area contributed by atoms with Gasteiger partial charge in [-0.25, -0.2) is 0 Å². The SMILES string of the molecule is Cc1ccccc1[Si]1CCCCO1.Cc1ccccc1[Si]1CCCCO1. The van der Waals surface area contributed by atoms with Crippen LogP contribution in [0.4, 0.5) is 0 Å². The molecule has 2 aliphatic rings. The van der Waals surface area contributed by atoms with E-state index in [4.69, 9.17) is 8.85 Å². The second-order valence-electron chi connectivity index (χ2n) is 7.09. The molecule has 2 heterocycles. The van der Waals surface area contributed by atoms with E-state index in [0.29, 0.717) is 0 Å². The van der Waals surface area contributed by atoms with Gasteiger partial charge in [-0.3, -0.25) is 0 Å². The molecule has 2 aromatic rings. The van der Waals surface area contributed by atoms with Gasteiger partial charge in [0.05, 0.1) is 0 Å². The fourth-order valence-electron chi connectivity index (χ4n) is 3.51. The summed E-state index contributed by atoms with van der Waals surface area (Å²) in [5, 5.41) is 2.96. The quantitative estimate of drug-likeness (QED) is 0.731. The van der Waals surface area contributed by atoms with Crippen LogP contribution in [0.2, 0.25) is 12.1 Å². The Morgan fingerprint density at radius 3 is 1.38 bits per heavy atom. The fraction of sp³-hybridized carbons (Fsp3) is 0.455. The van der Waals surface area contributed by atoms with Crippen LogP contribution in [0.5, 0.6) is 0 Å². The summed E-state index contributed by atoms with van der Waals surface area (Å²) in [6.07, 6.45) is 5.20. The highest BCUT2D eigenvalue weighted by atomic mass is 28.3. The van der Waals surface area contributed by atoms with Gasteiger partial charge in [-0.15, -0.1) is 0 Å². The van der Waals surface area contributed by atoms with Crippen molar-refractivity contribution < 1.29 is 8.85 Å². The molecule has 2 fully saturated rings. The average molecular weight is 383 g/mol. The number of hydrogen-bond acceptors (Lipinski definition) is 2. The van der Waals surface area contributed by atoms with Gasteiger partial charge in [-0.1, -0.05) is 61.4 Å². The predicted octanol–water partition coefficient (Wildman–Crippen LogP) is 4.01. The number of aryl methyl sites for hydroxylation is 2. The van der Waals surface area contributed by atoms with E-state index in [0.717, 1.165) is 13.2 Å². The molecule has 0 aromatic heterocycles. The topological polar surface area (TPSA) is 18.5 Å². The van der Waals surface area contributed by atoms with Gasteiger partial charge in [0.15, 0.2) is 0 Å². The van der Waals surface area contributed by atoms with E-state index in [1.54, 1.807) is 0 Å². The smallest absolute Gasteiger partial charge is 0.246 e. The molecule has 0 saturated carbocycles. The Kier molecular flexibility index (Phi) is 7.68. The maximum Gasteiger partial charge on any atom is 0.246 e. The highest BCUT2D eigenvalue weighted by molar-refractivity contribution is 6.68. The Balaban J connectivity index is 0.000000151. The van der Waals surface area contributed by atoms with Gasteiger partial charge in [0, 0.05) is 13.2 Å². The summed E-state index contributed by atoms with van der Waals surface area (Å²) >= 11 is 0. The second kappa shape index (κ2) is 10.2. The maximum atomic E-state index is 5.85. The van der Waals surface area contributed by atoms with Crippen molar-refractivity contribution in [1.82, 2.24) is 0 Å². The molecule has 2 saturated heterocycles. The van der Waals surface area contributed by atoms with E-state index < -0.39 is 18.1 Å². The third-order valence-corrected chi connectivity index (χ3v) is 10.1. The maximum absolute atomic E-state index is 5.85. The summed E-state index contributed by atoms with van der Waals surface area (Å²) in [6, 6.07) is 19.9. The average Bonchev–Trinajstić information content (AvgIpc) is 2.71. The van der Waals surface area contributed by atoms with Crippen LogP contribution in [-0.4, -0.2) is 31.3 Å². The zero-order chi connectivity index (χ0) is 18.2. The first-order chi connectivity index (χ1) is 12.8. The van der Waals surface area contributed by atoms with E-state index in [-0.39, 0.29) is 0 Å². The minimum atomic E-state index is -0.656. The van der Waals surface area contributed by atoms with Gasteiger partial charge in [0.1, 0.15) is 0 Å². The van der Waals surface area contributed by atoms with E-state index in [1.807, 2.05) is 0 Å². The van der Waals surface area contributed by atoms with Crippen molar-refractivity contribution in [3.63, 3.8) is 0 Å². The summed E-state index contributed by atoms with van der Waals surface area (Å²) < 4.78 is 11.7.